The molecule has 0 heterocycles. The summed E-state index contributed by atoms with van der Waals surface area (Å²) in [5.41, 5.74) is 1.41. The van der Waals surface area contributed by atoms with E-state index < -0.39 is 0 Å². The second kappa shape index (κ2) is 8.03. The number of hydrogen-bond donors (Lipinski definition) is 0. The summed E-state index contributed by atoms with van der Waals surface area (Å²) >= 11 is 3.63. The van der Waals surface area contributed by atoms with E-state index in [0.29, 0.717) is 5.92 Å². The SMILES string of the molecule is CN(CCOCC1CC1)CC(CBr)c1ccccc1. The summed E-state index contributed by atoms with van der Waals surface area (Å²) in [6.07, 6.45) is 2.74. The van der Waals surface area contributed by atoms with E-state index in [1.165, 1.54) is 18.4 Å². The lowest BCUT2D eigenvalue weighted by Gasteiger charge is -2.23. The molecule has 2 rings (SSSR count). The van der Waals surface area contributed by atoms with Crippen LogP contribution in [-0.4, -0.2) is 43.6 Å². The molecule has 1 aliphatic rings. The quantitative estimate of drug-likeness (QED) is 0.508. The van der Waals surface area contributed by atoms with Gasteiger partial charge >= 0.3 is 0 Å². The van der Waals surface area contributed by atoms with Gasteiger partial charge in [0.05, 0.1) is 6.61 Å². The molecule has 0 saturated heterocycles. The largest absolute Gasteiger partial charge is 0.380 e. The fourth-order valence-corrected chi connectivity index (χ4v) is 2.77. The molecular weight excluding hydrogens is 302 g/mol. The summed E-state index contributed by atoms with van der Waals surface area (Å²) < 4.78 is 5.70. The average Bonchev–Trinajstić information content (AvgIpc) is 3.26. The van der Waals surface area contributed by atoms with Gasteiger partial charge in [-0.15, -0.1) is 0 Å². The van der Waals surface area contributed by atoms with E-state index in [-0.39, 0.29) is 0 Å². The Morgan fingerprint density at radius 1 is 1.32 bits per heavy atom. The fourth-order valence-electron chi connectivity index (χ4n) is 2.19. The predicted molar refractivity (Wildman–Crippen MR) is 84.0 cm³/mol. The second-order valence-electron chi connectivity index (χ2n) is 5.54. The highest BCUT2D eigenvalue weighted by atomic mass is 79.9. The van der Waals surface area contributed by atoms with Gasteiger partial charge in [0.2, 0.25) is 0 Å². The van der Waals surface area contributed by atoms with Crippen LogP contribution in [0.25, 0.3) is 0 Å². The van der Waals surface area contributed by atoms with Crippen LogP contribution in [0.3, 0.4) is 0 Å². The van der Waals surface area contributed by atoms with Crippen molar-refractivity contribution < 1.29 is 4.74 Å². The van der Waals surface area contributed by atoms with E-state index in [2.05, 4.69) is 58.2 Å². The molecule has 1 fully saturated rings. The first kappa shape index (κ1) is 15.0. The van der Waals surface area contributed by atoms with Gasteiger partial charge in [-0.05, 0) is 31.4 Å². The van der Waals surface area contributed by atoms with Gasteiger partial charge in [-0.2, -0.15) is 0 Å². The van der Waals surface area contributed by atoms with Crippen LogP contribution in [0, 0.1) is 5.92 Å². The van der Waals surface area contributed by atoms with Gasteiger partial charge in [0.25, 0.3) is 0 Å². The zero-order chi connectivity index (χ0) is 13.5. The van der Waals surface area contributed by atoms with E-state index >= 15 is 0 Å². The summed E-state index contributed by atoms with van der Waals surface area (Å²) in [5, 5.41) is 1.00. The van der Waals surface area contributed by atoms with E-state index in [4.69, 9.17) is 4.74 Å². The third-order valence-electron chi connectivity index (χ3n) is 3.66. The molecule has 0 aromatic heterocycles. The van der Waals surface area contributed by atoms with Crippen molar-refractivity contribution in [1.82, 2.24) is 4.90 Å². The Bertz CT molecular complexity index is 353. The molecule has 0 spiro atoms. The smallest absolute Gasteiger partial charge is 0.0593 e. The minimum absolute atomic E-state index is 0.551. The topological polar surface area (TPSA) is 12.5 Å². The van der Waals surface area contributed by atoms with Crippen molar-refractivity contribution in [2.75, 3.05) is 38.7 Å². The molecule has 0 radical (unpaired) electrons. The van der Waals surface area contributed by atoms with E-state index in [9.17, 15) is 0 Å². The highest BCUT2D eigenvalue weighted by Gasteiger charge is 2.21. The summed E-state index contributed by atoms with van der Waals surface area (Å²) in [7, 11) is 2.18. The number of benzene rings is 1. The Labute approximate surface area is 125 Å². The Morgan fingerprint density at radius 2 is 2.05 bits per heavy atom. The molecule has 0 bridgehead atoms. The number of halogens is 1. The van der Waals surface area contributed by atoms with Gasteiger partial charge in [0, 0.05) is 30.9 Å². The van der Waals surface area contributed by atoms with Crippen LogP contribution in [0.2, 0.25) is 0 Å². The molecule has 1 aliphatic carbocycles. The number of rotatable bonds is 9. The lowest BCUT2D eigenvalue weighted by atomic mass is 10.0. The van der Waals surface area contributed by atoms with Crippen molar-refractivity contribution in [3.63, 3.8) is 0 Å². The predicted octanol–water partition coefficient (Wildman–Crippen LogP) is 3.52. The number of ether oxygens (including phenoxy) is 1. The molecule has 1 unspecified atom stereocenters. The van der Waals surface area contributed by atoms with Crippen molar-refractivity contribution >= 4 is 15.9 Å². The zero-order valence-electron chi connectivity index (χ0n) is 11.7. The van der Waals surface area contributed by atoms with Crippen LogP contribution in [0.1, 0.15) is 24.3 Å². The summed E-state index contributed by atoms with van der Waals surface area (Å²) in [5.74, 6) is 1.42. The van der Waals surface area contributed by atoms with Crippen LogP contribution in [0.5, 0.6) is 0 Å². The second-order valence-corrected chi connectivity index (χ2v) is 6.19. The molecular formula is C16H24BrNO. The molecule has 0 aliphatic heterocycles. The van der Waals surface area contributed by atoms with Crippen molar-refractivity contribution in [2.45, 2.75) is 18.8 Å². The summed E-state index contributed by atoms with van der Waals surface area (Å²) in [4.78, 5) is 2.37. The van der Waals surface area contributed by atoms with Crippen molar-refractivity contribution in [2.24, 2.45) is 5.92 Å². The maximum absolute atomic E-state index is 5.70. The molecule has 106 valence electrons. The van der Waals surface area contributed by atoms with E-state index in [1.807, 2.05) is 0 Å². The molecule has 3 heteroatoms. The van der Waals surface area contributed by atoms with Crippen molar-refractivity contribution in [3.05, 3.63) is 35.9 Å². The van der Waals surface area contributed by atoms with Crippen LogP contribution < -0.4 is 0 Å². The van der Waals surface area contributed by atoms with Gasteiger partial charge < -0.3 is 9.64 Å². The first-order chi connectivity index (χ1) is 9.29. The molecule has 2 nitrogen and oxygen atoms in total. The Balaban J connectivity index is 1.68. The monoisotopic (exact) mass is 325 g/mol. The van der Waals surface area contributed by atoms with Crippen LogP contribution in [0.4, 0.5) is 0 Å². The number of hydrogen-bond acceptors (Lipinski definition) is 2. The number of alkyl halides is 1. The first-order valence-corrected chi connectivity index (χ1v) is 8.29. The maximum atomic E-state index is 5.70. The maximum Gasteiger partial charge on any atom is 0.0593 e. The third-order valence-corrected chi connectivity index (χ3v) is 4.44. The molecule has 19 heavy (non-hydrogen) atoms. The Morgan fingerprint density at radius 3 is 2.68 bits per heavy atom. The first-order valence-electron chi connectivity index (χ1n) is 7.16. The molecule has 1 aromatic rings. The van der Waals surface area contributed by atoms with Crippen LogP contribution in [-0.2, 0) is 4.74 Å². The van der Waals surface area contributed by atoms with Crippen LogP contribution in [0.15, 0.2) is 30.3 Å². The lowest BCUT2D eigenvalue weighted by molar-refractivity contribution is 0.102. The van der Waals surface area contributed by atoms with Crippen LogP contribution >= 0.6 is 15.9 Å². The highest BCUT2D eigenvalue weighted by molar-refractivity contribution is 9.09. The average molecular weight is 326 g/mol. The Kier molecular flexibility index (Phi) is 6.35. The van der Waals surface area contributed by atoms with Gasteiger partial charge in [-0.1, -0.05) is 46.3 Å². The fraction of sp³-hybridized carbons (Fsp3) is 0.625. The molecule has 1 aromatic carbocycles. The number of nitrogens with zero attached hydrogens (tertiary/aromatic N) is 1. The van der Waals surface area contributed by atoms with Gasteiger partial charge in [-0.3, -0.25) is 0 Å². The summed E-state index contributed by atoms with van der Waals surface area (Å²) in [6, 6.07) is 10.7. The molecule has 0 amide bonds. The third kappa shape index (κ3) is 5.64. The lowest BCUT2D eigenvalue weighted by Crippen LogP contribution is -2.29. The van der Waals surface area contributed by atoms with Gasteiger partial charge in [0.15, 0.2) is 0 Å². The van der Waals surface area contributed by atoms with Crippen molar-refractivity contribution in [3.8, 4) is 0 Å². The highest BCUT2D eigenvalue weighted by Crippen LogP contribution is 2.28. The minimum Gasteiger partial charge on any atom is -0.380 e. The van der Waals surface area contributed by atoms with Gasteiger partial charge in [0.1, 0.15) is 0 Å². The minimum atomic E-state index is 0.551. The Hall–Kier alpha value is -0.380. The normalized spacial score (nSPS) is 16.8. The van der Waals surface area contributed by atoms with Crippen molar-refractivity contribution in [1.29, 1.82) is 0 Å². The summed E-state index contributed by atoms with van der Waals surface area (Å²) in [6.45, 7) is 3.91. The zero-order valence-corrected chi connectivity index (χ0v) is 13.3. The van der Waals surface area contributed by atoms with E-state index in [0.717, 1.165) is 37.6 Å². The standard InChI is InChI=1S/C16H24BrNO/c1-18(9-10-19-13-14-7-8-14)12-16(11-17)15-5-3-2-4-6-15/h2-6,14,16H,7-13H2,1H3. The molecule has 1 saturated carbocycles. The number of likely N-dealkylation sites (N-methyl/N-ethyl adjacent to an activating group) is 1. The van der Waals surface area contributed by atoms with Gasteiger partial charge in [-0.25, -0.2) is 0 Å². The van der Waals surface area contributed by atoms with E-state index in [1.54, 1.807) is 0 Å². The molecule has 1 atom stereocenters. The molecule has 0 N–H and O–H groups in total.